The molecule has 0 saturated heterocycles. The van der Waals surface area contributed by atoms with E-state index in [0.29, 0.717) is 42.0 Å². The minimum atomic E-state index is 0.0417. The van der Waals surface area contributed by atoms with E-state index in [9.17, 15) is 4.79 Å². The summed E-state index contributed by atoms with van der Waals surface area (Å²) in [5.41, 5.74) is 2.84. The number of carbonyl (C=O) groups is 1. The molecule has 0 unspecified atom stereocenters. The van der Waals surface area contributed by atoms with Gasteiger partial charge in [-0.3, -0.25) is 14.4 Å². The van der Waals surface area contributed by atoms with E-state index in [1.807, 2.05) is 74.0 Å². The van der Waals surface area contributed by atoms with Crippen molar-refractivity contribution >= 4 is 56.0 Å². The predicted molar refractivity (Wildman–Crippen MR) is 142 cm³/mol. The van der Waals surface area contributed by atoms with Gasteiger partial charge in [0.15, 0.2) is 5.13 Å². The second kappa shape index (κ2) is 11.3. The number of hydrogen-bond donors (Lipinski definition) is 0. The second-order valence-electron chi connectivity index (χ2n) is 7.78. The van der Waals surface area contributed by atoms with E-state index in [0.717, 1.165) is 32.2 Å². The van der Waals surface area contributed by atoms with Gasteiger partial charge < -0.3 is 4.74 Å². The van der Waals surface area contributed by atoms with Crippen molar-refractivity contribution in [3.63, 3.8) is 0 Å². The molecule has 0 saturated carbocycles. The number of thiazole rings is 1. The van der Waals surface area contributed by atoms with E-state index in [4.69, 9.17) is 21.3 Å². The zero-order chi connectivity index (χ0) is 24.1. The molecule has 0 atom stereocenters. The third kappa shape index (κ3) is 5.92. The quantitative estimate of drug-likeness (QED) is 0.230. The Morgan fingerprint density at radius 3 is 2.71 bits per heavy atom. The standard InChI is InChI=1S/C25H27ClN4O2S2/c1-4-32-21-6-5-7-22-24(21)27-25(34-22)29(13-14-30-18(3)16-17(2)28-30)23(31)12-15-33-20-10-8-19(26)9-11-20/h5-11,16H,4,12-15H2,1-3H3. The predicted octanol–water partition coefficient (Wildman–Crippen LogP) is 6.38. The van der Waals surface area contributed by atoms with E-state index in [-0.39, 0.29) is 5.91 Å². The maximum absolute atomic E-state index is 13.4. The van der Waals surface area contributed by atoms with Crippen LogP contribution in [-0.2, 0) is 11.3 Å². The van der Waals surface area contributed by atoms with Gasteiger partial charge in [0, 0.05) is 34.3 Å². The smallest absolute Gasteiger partial charge is 0.229 e. The molecule has 4 rings (SSSR count). The lowest BCUT2D eigenvalue weighted by molar-refractivity contribution is -0.118. The molecule has 0 aliphatic rings. The molecule has 2 heterocycles. The first-order valence-electron chi connectivity index (χ1n) is 11.2. The number of halogens is 1. The van der Waals surface area contributed by atoms with Crippen LogP contribution in [0.4, 0.5) is 5.13 Å². The van der Waals surface area contributed by atoms with Gasteiger partial charge in [0.2, 0.25) is 5.91 Å². The third-order valence-corrected chi connectivity index (χ3v) is 7.55. The Hall–Kier alpha value is -2.55. The highest BCUT2D eigenvalue weighted by atomic mass is 35.5. The number of amides is 1. The molecule has 34 heavy (non-hydrogen) atoms. The molecule has 0 aliphatic carbocycles. The van der Waals surface area contributed by atoms with Crippen LogP contribution in [0.2, 0.25) is 5.02 Å². The lowest BCUT2D eigenvalue weighted by Gasteiger charge is -2.20. The highest BCUT2D eigenvalue weighted by Gasteiger charge is 2.21. The lowest BCUT2D eigenvalue weighted by atomic mass is 10.3. The fourth-order valence-electron chi connectivity index (χ4n) is 3.64. The van der Waals surface area contributed by atoms with Gasteiger partial charge in [-0.05, 0) is 63.2 Å². The number of thioether (sulfide) groups is 1. The maximum Gasteiger partial charge on any atom is 0.229 e. The number of rotatable bonds is 10. The summed E-state index contributed by atoms with van der Waals surface area (Å²) in [6.07, 6.45) is 0.401. The van der Waals surface area contributed by atoms with Crippen LogP contribution in [0.3, 0.4) is 0 Å². The summed E-state index contributed by atoms with van der Waals surface area (Å²) in [6.45, 7) is 7.62. The fourth-order valence-corrected chi connectivity index (χ4v) is 5.64. The van der Waals surface area contributed by atoms with E-state index in [1.165, 1.54) is 11.3 Å². The number of aryl methyl sites for hydroxylation is 2. The van der Waals surface area contributed by atoms with Crippen LogP contribution < -0.4 is 9.64 Å². The average molecular weight is 515 g/mol. The number of fused-ring (bicyclic) bond motifs is 1. The SMILES string of the molecule is CCOc1cccc2sc(N(CCn3nc(C)cc3C)C(=O)CCSc3ccc(Cl)cc3)nc12. The highest BCUT2D eigenvalue weighted by Crippen LogP contribution is 2.34. The molecular formula is C25H27ClN4O2S2. The zero-order valence-corrected chi connectivity index (χ0v) is 21.8. The first kappa shape index (κ1) is 24.6. The minimum Gasteiger partial charge on any atom is -0.492 e. The summed E-state index contributed by atoms with van der Waals surface area (Å²) in [7, 11) is 0. The molecule has 0 radical (unpaired) electrons. The summed E-state index contributed by atoms with van der Waals surface area (Å²) in [6, 6.07) is 15.6. The van der Waals surface area contributed by atoms with Crippen LogP contribution in [0.5, 0.6) is 5.75 Å². The van der Waals surface area contributed by atoms with E-state index in [2.05, 4.69) is 5.10 Å². The van der Waals surface area contributed by atoms with E-state index < -0.39 is 0 Å². The van der Waals surface area contributed by atoms with Gasteiger partial charge in [-0.1, -0.05) is 29.0 Å². The Labute approximate surface area is 212 Å². The molecule has 0 fully saturated rings. The van der Waals surface area contributed by atoms with Crippen LogP contribution in [0, 0.1) is 13.8 Å². The summed E-state index contributed by atoms with van der Waals surface area (Å²) < 4.78 is 8.70. The molecule has 4 aromatic rings. The average Bonchev–Trinajstić information content (AvgIpc) is 3.38. The van der Waals surface area contributed by atoms with Crippen LogP contribution in [0.25, 0.3) is 10.2 Å². The molecule has 0 aliphatic heterocycles. The molecule has 0 bridgehead atoms. The van der Waals surface area contributed by atoms with Crippen LogP contribution in [0.15, 0.2) is 53.4 Å². The topological polar surface area (TPSA) is 60.2 Å². The number of benzene rings is 2. The van der Waals surface area contributed by atoms with E-state index >= 15 is 0 Å². The Morgan fingerprint density at radius 2 is 2.00 bits per heavy atom. The Balaban J connectivity index is 1.54. The Morgan fingerprint density at radius 1 is 1.21 bits per heavy atom. The van der Waals surface area contributed by atoms with Crippen molar-refractivity contribution in [1.82, 2.24) is 14.8 Å². The Bertz CT molecular complexity index is 1270. The largest absolute Gasteiger partial charge is 0.492 e. The molecule has 0 N–H and O–H groups in total. The van der Waals surface area contributed by atoms with Crippen molar-refractivity contribution in [1.29, 1.82) is 0 Å². The zero-order valence-electron chi connectivity index (χ0n) is 19.5. The first-order chi connectivity index (χ1) is 16.4. The van der Waals surface area contributed by atoms with Gasteiger partial charge in [0.05, 0.1) is 23.5 Å². The van der Waals surface area contributed by atoms with Crippen molar-refractivity contribution in [3.8, 4) is 5.75 Å². The highest BCUT2D eigenvalue weighted by molar-refractivity contribution is 7.99. The van der Waals surface area contributed by atoms with Gasteiger partial charge in [-0.15, -0.1) is 11.8 Å². The van der Waals surface area contributed by atoms with Gasteiger partial charge in [-0.2, -0.15) is 5.10 Å². The van der Waals surface area contributed by atoms with Crippen LogP contribution in [0.1, 0.15) is 24.7 Å². The van der Waals surface area contributed by atoms with Gasteiger partial charge in [0.1, 0.15) is 11.3 Å². The first-order valence-corrected chi connectivity index (χ1v) is 13.3. The van der Waals surface area contributed by atoms with Crippen LogP contribution >= 0.6 is 34.7 Å². The molecular weight excluding hydrogens is 488 g/mol. The van der Waals surface area contributed by atoms with Crippen molar-refractivity contribution in [3.05, 3.63) is 64.9 Å². The fraction of sp³-hybridized carbons (Fsp3) is 0.320. The number of para-hydroxylation sites is 1. The summed E-state index contributed by atoms with van der Waals surface area (Å²) >= 11 is 9.13. The molecule has 2 aromatic heterocycles. The second-order valence-corrected chi connectivity index (χ2v) is 10.4. The lowest BCUT2D eigenvalue weighted by Crippen LogP contribution is -2.34. The monoisotopic (exact) mass is 514 g/mol. The van der Waals surface area contributed by atoms with Gasteiger partial charge >= 0.3 is 0 Å². The number of ether oxygens (including phenoxy) is 1. The summed E-state index contributed by atoms with van der Waals surface area (Å²) in [5, 5.41) is 5.94. The molecule has 1 amide bonds. The van der Waals surface area contributed by atoms with Crippen molar-refractivity contribution in [2.24, 2.45) is 0 Å². The maximum atomic E-state index is 13.4. The number of nitrogens with zero attached hydrogens (tertiary/aromatic N) is 4. The summed E-state index contributed by atoms with van der Waals surface area (Å²) in [5.74, 6) is 1.46. The van der Waals surface area contributed by atoms with Crippen LogP contribution in [-0.4, -0.2) is 39.6 Å². The number of hydrogen-bond acceptors (Lipinski definition) is 6. The van der Waals surface area contributed by atoms with Crippen molar-refractivity contribution in [2.45, 2.75) is 38.6 Å². The minimum absolute atomic E-state index is 0.0417. The molecule has 0 spiro atoms. The van der Waals surface area contributed by atoms with Gasteiger partial charge in [0.25, 0.3) is 0 Å². The number of anilines is 1. The normalized spacial score (nSPS) is 11.2. The van der Waals surface area contributed by atoms with E-state index in [1.54, 1.807) is 16.7 Å². The van der Waals surface area contributed by atoms with Crippen molar-refractivity contribution < 1.29 is 9.53 Å². The third-order valence-electron chi connectivity index (χ3n) is 5.24. The number of aromatic nitrogens is 3. The molecule has 178 valence electrons. The molecule has 6 nitrogen and oxygen atoms in total. The Kier molecular flexibility index (Phi) is 8.13. The molecule has 9 heteroatoms. The molecule has 2 aromatic carbocycles. The number of carbonyl (C=O) groups excluding carboxylic acids is 1. The summed E-state index contributed by atoms with van der Waals surface area (Å²) in [4.78, 5) is 21.1. The van der Waals surface area contributed by atoms with Gasteiger partial charge in [-0.25, -0.2) is 4.98 Å². The van der Waals surface area contributed by atoms with Crippen molar-refractivity contribution in [2.75, 3.05) is 23.8 Å².